The molecule has 2 saturated heterocycles. The van der Waals surface area contributed by atoms with Crippen LogP contribution in [0.25, 0.3) is 0 Å². The zero-order chi connectivity index (χ0) is 24.0. The van der Waals surface area contributed by atoms with E-state index in [4.69, 9.17) is 26.1 Å². The van der Waals surface area contributed by atoms with Crippen molar-refractivity contribution in [2.45, 2.75) is 56.2 Å². The fraction of sp³-hybridized carbons (Fsp3) is 0.560. The van der Waals surface area contributed by atoms with E-state index in [9.17, 15) is 4.79 Å². The zero-order valence-electron chi connectivity index (χ0n) is 20.0. The van der Waals surface area contributed by atoms with Crippen LogP contribution in [0, 0.1) is 0 Å². The fourth-order valence-electron chi connectivity index (χ4n) is 4.40. The second-order valence-electron chi connectivity index (χ2n) is 8.70. The number of benzene rings is 1. The van der Waals surface area contributed by atoms with Gasteiger partial charge in [0.25, 0.3) is 5.91 Å². The van der Waals surface area contributed by atoms with Gasteiger partial charge in [0.05, 0.1) is 13.2 Å². The molecule has 1 aromatic heterocycles. The number of anilines is 1. The highest BCUT2D eigenvalue weighted by Gasteiger charge is 2.40. The minimum Gasteiger partial charge on any atom is -0.356 e. The van der Waals surface area contributed by atoms with E-state index in [1.54, 1.807) is 11.8 Å². The van der Waals surface area contributed by atoms with E-state index in [0.717, 1.165) is 68.8 Å². The molecule has 4 rings (SSSR count). The van der Waals surface area contributed by atoms with Crippen LogP contribution in [0.4, 0.5) is 5.82 Å². The number of nitrogens with zero attached hydrogens (tertiary/aromatic N) is 4. The van der Waals surface area contributed by atoms with E-state index in [0.29, 0.717) is 29.3 Å². The molecule has 0 unspecified atom stereocenters. The third-order valence-electron chi connectivity index (χ3n) is 6.17. The summed E-state index contributed by atoms with van der Waals surface area (Å²) in [5.74, 6) is 1.22. The summed E-state index contributed by atoms with van der Waals surface area (Å²) in [6.45, 7) is 8.73. The van der Waals surface area contributed by atoms with Crippen molar-refractivity contribution in [3.8, 4) is 0 Å². The highest BCUT2D eigenvalue weighted by Crippen LogP contribution is 2.33. The Morgan fingerprint density at radius 1 is 1.09 bits per heavy atom. The van der Waals surface area contributed by atoms with Crippen LogP contribution < -0.4 is 4.90 Å². The van der Waals surface area contributed by atoms with Gasteiger partial charge in [0.1, 0.15) is 11.0 Å². The minimum absolute atomic E-state index is 0.0995. The first-order valence-corrected chi connectivity index (χ1v) is 13.5. The topological polar surface area (TPSA) is 67.8 Å². The summed E-state index contributed by atoms with van der Waals surface area (Å²) in [5.41, 5.74) is 1.84. The molecule has 34 heavy (non-hydrogen) atoms. The molecule has 2 aliphatic heterocycles. The number of piperidine rings is 1. The number of thioether (sulfide) groups is 1. The molecule has 7 nitrogen and oxygen atoms in total. The number of rotatable bonds is 9. The Morgan fingerprint density at radius 2 is 1.74 bits per heavy atom. The Balaban J connectivity index is 1.35. The van der Waals surface area contributed by atoms with Crippen LogP contribution in [0.5, 0.6) is 0 Å². The monoisotopic (exact) mass is 504 g/mol. The predicted molar refractivity (Wildman–Crippen MR) is 136 cm³/mol. The summed E-state index contributed by atoms with van der Waals surface area (Å²) in [6.07, 6.45) is 3.55. The van der Waals surface area contributed by atoms with Gasteiger partial charge < -0.3 is 19.3 Å². The van der Waals surface area contributed by atoms with Gasteiger partial charge in [-0.1, -0.05) is 49.3 Å². The molecule has 0 saturated carbocycles. The Hall–Kier alpha value is -1.87. The van der Waals surface area contributed by atoms with Gasteiger partial charge in [-0.05, 0) is 30.5 Å². The molecule has 0 atom stereocenters. The second-order valence-corrected chi connectivity index (χ2v) is 10.0. The van der Waals surface area contributed by atoms with Crippen molar-refractivity contribution in [2.75, 3.05) is 44.3 Å². The van der Waals surface area contributed by atoms with Crippen LogP contribution in [-0.4, -0.2) is 66.0 Å². The molecule has 1 aromatic carbocycles. The summed E-state index contributed by atoms with van der Waals surface area (Å²) in [6, 6.07) is 9.66. The average molecular weight is 505 g/mol. The maximum atomic E-state index is 12.8. The molecule has 0 aliphatic carbocycles. The molecular formula is C25H33ClN4O3S. The van der Waals surface area contributed by atoms with Crippen LogP contribution in [0.1, 0.15) is 55.5 Å². The summed E-state index contributed by atoms with van der Waals surface area (Å²) in [4.78, 5) is 26.1. The van der Waals surface area contributed by atoms with Gasteiger partial charge in [0.15, 0.2) is 10.9 Å². The van der Waals surface area contributed by atoms with Crippen LogP contribution in [0.15, 0.2) is 35.5 Å². The van der Waals surface area contributed by atoms with Crippen molar-refractivity contribution in [1.82, 2.24) is 14.9 Å². The Labute approximate surface area is 211 Å². The van der Waals surface area contributed by atoms with Gasteiger partial charge in [0.2, 0.25) is 0 Å². The van der Waals surface area contributed by atoms with E-state index in [-0.39, 0.29) is 5.91 Å². The number of halogens is 1. The molecular weight excluding hydrogens is 472 g/mol. The minimum atomic E-state index is -0.414. The lowest BCUT2D eigenvalue weighted by Crippen LogP contribution is -2.45. The Bertz CT molecular complexity index is 953. The molecule has 1 amide bonds. The van der Waals surface area contributed by atoms with E-state index in [1.165, 1.54) is 0 Å². The number of amides is 1. The van der Waals surface area contributed by atoms with Crippen molar-refractivity contribution in [3.05, 3.63) is 46.6 Å². The number of hydrogen-bond acceptors (Lipinski definition) is 7. The van der Waals surface area contributed by atoms with E-state index in [1.807, 2.05) is 35.2 Å². The lowest BCUT2D eigenvalue weighted by atomic mass is 10.0. The molecule has 0 bridgehead atoms. The van der Waals surface area contributed by atoms with Crippen LogP contribution >= 0.6 is 23.4 Å². The highest BCUT2D eigenvalue weighted by atomic mass is 35.5. The van der Waals surface area contributed by atoms with Crippen molar-refractivity contribution in [3.63, 3.8) is 0 Å². The van der Waals surface area contributed by atoms with Gasteiger partial charge in [-0.25, -0.2) is 9.97 Å². The zero-order valence-corrected chi connectivity index (χ0v) is 21.5. The van der Waals surface area contributed by atoms with Crippen molar-refractivity contribution < 1.29 is 14.3 Å². The van der Waals surface area contributed by atoms with Crippen LogP contribution in [0.2, 0.25) is 5.15 Å². The van der Waals surface area contributed by atoms with Crippen molar-refractivity contribution in [1.29, 1.82) is 0 Å². The summed E-state index contributed by atoms with van der Waals surface area (Å²) < 4.78 is 11.7. The standard InChI is InChI=1S/C25H33ClN4O3S/c1-3-11-30(12-4-2)23(31)20-7-5-19(6-8-20)18-34-24-27-21(26)17-22(28-24)29-13-9-25(10-14-29)32-15-16-33-25/h5-8,17H,3-4,9-16,18H2,1-2H3. The number of ether oxygens (including phenoxy) is 2. The van der Waals surface area contributed by atoms with E-state index in [2.05, 4.69) is 23.7 Å². The first kappa shape index (κ1) is 25.2. The number of aromatic nitrogens is 2. The molecule has 2 aliphatic rings. The number of hydrogen-bond donors (Lipinski definition) is 0. The summed E-state index contributed by atoms with van der Waals surface area (Å²) in [7, 11) is 0. The van der Waals surface area contributed by atoms with Crippen LogP contribution in [0.3, 0.4) is 0 Å². The molecule has 9 heteroatoms. The molecule has 2 fully saturated rings. The fourth-order valence-corrected chi connectivity index (χ4v) is 5.44. The normalized spacial score (nSPS) is 17.3. The summed E-state index contributed by atoms with van der Waals surface area (Å²) in [5, 5.41) is 1.09. The SMILES string of the molecule is CCCN(CCC)C(=O)c1ccc(CSc2nc(Cl)cc(N3CCC4(CC3)OCCO4)n2)cc1. The number of carbonyl (C=O) groups excluding carboxylic acids is 1. The molecule has 1 spiro atoms. The van der Waals surface area contributed by atoms with E-state index < -0.39 is 5.79 Å². The molecule has 3 heterocycles. The van der Waals surface area contributed by atoms with Gasteiger partial charge in [0, 0.05) is 56.4 Å². The second kappa shape index (κ2) is 11.7. The quantitative estimate of drug-likeness (QED) is 0.269. The third kappa shape index (κ3) is 6.22. The highest BCUT2D eigenvalue weighted by molar-refractivity contribution is 7.98. The lowest BCUT2D eigenvalue weighted by Gasteiger charge is -2.38. The van der Waals surface area contributed by atoms with Gasteiger partial charge in [-0.2, -0.15) is 0 Å². The van der Waals surface area contributed by atoms with Gasteiger partial charge in [-0.15, -0.1) is 0 Å². The smallest absolute Gasteiger partial charge is 0.253 e. The largest absolute Gasteiger partial charge is 0.356 e. The first-order valence-electron chi connectivity index (χ1n) is 12.1. The maximum Gasteiger partial charge on any atom is 0.253 e. The molecule has 0 radical (unpaired) electrons. The lowest BCUT2D eigenvalue weighted by molar-refractivity contribution is -0.169. The van der Waals surface area contributed by atoms with Crippen LogP contribution in [-0.2, 0) is 15.2 Å². The molecule has 0 N–H and O–H groups in total. The molecule has 184 valence electrons. The number of carbonyl (C=O) groups is 1. The van der Waals surface area contributed by atoms with Crippen molar-refractivity contribution >= 4 is 35.1 Å². The Kier molecular flexibility index (Phi) is 8.69. The third-order valence-corrected chi connectivity index (χ3v) is 7.28. The Morgan fingerprint density at radius 3 is 2.35 bits per heavy atom. The van der Waals surface area contributed by atoms with Crippen molar-refractivity contribution in [2.24, 2.45) is 0 Å². The van der Waals surface area contributed by atoms with E-state index >= 15 is 0 Å². The average Bonchev–Trinajstić information content (AvgIpc) is 3.30. The first-order chi connectivity index (χ1) is 16.5. The predicted octanol–water partition coefficient (Wildman–Crippen LogP) is 5.03. The molecule has 2 aromatic rings. The maximum absolute atomic E-state index is 12.8. The van der Waals surface area contributed by atoms with Gasteiger partial charge in [-0.3, -0.25) is 4.79 Å². The van der Waals surface area contributed by atoms with Gasteiger partial charge >= 0.3 is 0 Å². The summed E-state index contributed by atoms with van der Waals surface area (Å²) >= 11 is 7.87.